The summed E-state index contributed by atoms with van der Waals surface area (Å²) in [5, 5.41) is 3.13. The van der Waals surface area contributed by atoms with Crippen molar-refractivity contribution in [3.63, 3.8) is 0 Å². The molecule has 0 aliphatic carbocycles. The number of ether oxygens (including phenoxy) is 1. The van der Waals surface area contributed by atoms with Crippen LogP contribution in [-0.2, 0) is 6.42 Å². The summed E-state index contributed by atoms with van der Waals surface area (Å²) < 4.78 is 5.66. The predicted molar refractivity (Wildman–Crippen MR) is 69.1 cm³/mol. The van der Waals surface area contributed by atoms with Crippen LogP contribution in [0.4, 0.5) is 0 Å². The van der Waals surface area contributed by atoms with Crippen LogP contribution in [0.25, 0.3) is 0 Å². The monoisotopic (exact) mass is 221 g/mol. The van der Waals surface area contributed by atoms with Gasteiger partial charge in [-0.05, 0) is 50.6 Å². The van der Waals surface area contributed by atoms with E-state index in [0.29, 0.717) is 0 Å². The van der Waals surface area contributed by atoms with E-state index in [1.807, 2.05) is 7.05 Å². The molecule has 2 heteroatoms. The average Bonchev–Trinajstić information content (AvgIpc) is 2.31. The fraction of sp³-hybridized carbons (Fsp3) is 0.571. The number of hydrogen-bond acceptors (Lipinski definition) is 2. The Balaban J connectivity index is 2.21. The van der Waals surface area contributed by atoms with Crippen molar-refractivity contribution in [3.05, 3.63) is 29.8 Å². The lowest BCUT2D eigenvalue weighted by Crippen LogP contribution is -2.09. The van der Waals surface area contributed by atoms with Gasteiger partial charge in [0.05, 0.1) is 6.61 Å². The number of rotatable bonds is 8. The molecule has 0 aliphatic rings. The van der Waals surface area contributed by atoms with Crippen LogP contribution in [0.3, 0.4) is 0 Å². The van der Waals surface area contributed by atoms with Gasteiger partial charge in [0.2, 0.25) is 0 Å². The summed E-state index contributed by atoms with van der Waals surface area (Å²) >= 11 is 0. The van der Waals surface area contributed by atoms with Crippen molar-refractivity contribution in [2.45, 2.75) is 32.6 Å². The van der Waals surface area contributed by atoms with Gasteiger partial charge in [-0.25, -0.2) is 0 Å². The van der Waals surface area contributed by atoms with E-state index in [1.54, 1.807) is 0 Å². The van der Waals surface area contributed by atoms with E-state index in [-0.39, 0.29) is 0 Å². The number of nitrogens with one attached hydrogen (secondary N) is 1. The van der Waals surface area contributed by atoms with Gasteiger partial charge in [-0.1, -0.05) is 25.5 Å². The highest BCUT2D eigenvalue weighted by Crippen LogP contribution is 2.13. The molecule has 0 saturated carbocycles. The second-order valence-electron chi connectivity index (χ2n) is 4.05. The van der Waals surface area contributed by atoms with Crippen LogP contribution in [0, 0.1) is 0 Å². The van der Waals surface area contributed by atoms with Gasteiger partial charge in [0, 0.05) is 0 Å². The van der Waals surface area contributed by atoms with Crippen molar-refractivity contribution in [1.82, 2.24) is 5.32 Å². The van der Waals surface area contributed by atoms with Crippen LogP contribution in [0.5, 0.6) is 5.75 Å². The molecule has 0 radical (unpaired) electrons. The molecule has 90 valence electrons. The molecule has 0 spiro atoms. The summed E-state index contributed by atoms with van der Waals surface area (Å²) in [5.41, 5.74) is 1.39. The van der Waals surface area contributed by atoms with E-state index in [4.69, 9.17) is 4.74 Å². The molecule has 0 bridgehead atoms. The Morgan fingerprint density at radius 3 is 2.50 bits per heavy atom. The highest BCUT2D eigenvalue weighted by Gasteiger charge is 1.95. The molecule has 16 heavy (non-hydrogen) atoms. The minimum absolute atomic E-state index is 0.814. The third kappa shape index (κ3) is 5.17. The minimum atomic E-state index is 0.814. The molecular formula is C14H23NO. The molecule has 1 rings (SSSR count). The average molecular weight is 221 g/mol. The van der Waals surface area contributed by atoms with Gasteiger partial charge in [0.1, 0.15) is 5.75 Å². The summed E-state index contributed by atoms with van der Waals surface area (Å²) in [6, 6.07) is 8.46. The molecule has 2 nitrogen and oxygen atoms in total. The molecule has 0 heterocycles. The molecular weight excluding hydrogens is 198 g/mol. The fourth-order valence-corrected chi connectivity index (χ4v) is 1.63. The Bertz CT molecular complexity index is 269. The van der Waals surface area contributed by atoms with Gasteiger partial charge in [-0.3, -0.25) is 0 Å². The topological polar surface area (TPSA) is 21.3 Å². The maximum Gasteiger partial charge on any atom is 0.119 e. The van der Waals surface area contributed by atoms with E-state index in [1.165, 1.54) is 18.4 Å². The molecule has 0 amide bonds. The lowest BCUT2D eigenvalue weighted by molar-refractivity contribution is 0.306. The quantitative estimate of drug-likeness (QED) is 0.681. The maximum absolute atomic E-state index is 5.66. The SMILES string of the molecule is CCCc1ccc(OCCCCNC)cc1. The second-order valence-corrected chi connectivity index (χ2v) is 4.05. The zero-order valence-corrected chi connectivity index (χ0v) is 10.5. The molecule has 0 fully saturated rings. The molecule has 1 aromatic carbocycles. The Hall–Kier alpha value is -1.02. The van der Waals surface area contributed by atoms with Crippen LogP contribution < -0.4 is 10.1 Å². The van der Waals surface area contributed by atoms with E-state index < -0.39 is 0 Å². The van der Waals surface area contributed by atoms with Gasteiger partial charge in [-0.2, -0.15) is 0 Å². The summed E-state index contributed by atoms with van der Waals surface area (Å²) in [5.74, 6) is 0.990. The van der Waals surface area contributed by atoms with Crippen LogP contribution in [0.1, 0.15) is 31.7 Å². The van der Waals surface area contributed by atoms with Gasteiger partial charge in [0.25, 0.3) is 0 Å². The van der Waals surface area contributed by atoms with Crippen molar-refractivity contribution in [3.8, 4) is 5.75 Å². The van der Waals surface area contributed by atoms with Gasteiger partial charge in [0.15, 0.2) is 0 Å². The Morgan fingerprint density at radius 2 is 1.88 bits per heavy atom. The van der Waals surface area contributed by atoms with E-state index in [9.17, 15) is 0 Å². The van der Waals surface area contributed by atoms with Crippen LogP contribution in [0.15, 0.2) is 24.3 Å². The Labute approximate surface area is 99.0 Å². The smallest absolute Gasteiger partial charge is 0.119 e. The molecule has 1 aromatic rings. The zero-order chi connectivity index (χ0) is 11.6. The predicted octanol–water partition coefficient (Wildman–Crippen LogP) is 3.02. The number of hydrogen-bond donors (Lipinski definition) is 1. The molecule has 0 unspecified atom stereocenters. The van der Waals surface area contributed by atoms with Crippen molar-refractivity contribution in [1.29, 1.82) is 0 Å². The Kier molecular flexibility index (Phi) is 6.66. The standard InChI is InChI=1S/C14H23NO/c1-3-6-13-7-9-14(10-8-13)16-12-5-4-11-15-2/h7-10,15H,3-6,11-12H2,1-2H3. The maximum atomic E-state index is 5.66. The van der Waals surface area contributed by atoms with Crippen LogP contribution >= 0.6 is 0 Å². The molecule has 0 atom stereocenters. The molecule has 1 N–H and O–H groups in total. The number of unbranched alkanes of at least 4 members (excludes halogenated alkanes) is 1. The summed E-state index contributed by atoms with van der Waals surface area (Å²) in [6.45, 7) is 4.08. The lowest BCUT2D eigenvalue weighted by atomic mass is 10.1. The normalized spacial score (nSPS) is 10.4. The summed E-state index contributed by atoms with van der Waals surface area (Å²) in [7, 11) is 1.98. The van der Waals surface area contributed by atoms with Crippen molar-refractivity contribution in [2.24, 2.45) is 0 Å². The van der Waals surface area contributed by atoms with Crippen LogP contribution in [-0.4, -0.2) is 20.2 Å². The number of aryl methyl sites for hydroxylation is 1. The summed E-state index contributed by atoms with van der Waals surface area (Å²) in [6.07, 6.45) is 4.63. The van der Waals surface area contributed by atoms with Crippen LogP contribution in [0.2, 0.25) is 0 Å². The van der Waals surface area contributed by atoms with E-state index in [2.05, 4.69) is 36.5 Å². The molecule has 0 saturated heterocycles. The van der Waals surface area contributed by atoms with Crippen molar-refractivity contribution >= 4 is 0 Å². The molecule has 0 aliphatic heterocycles. The lowest BCUT2D eigenvalue weighted by Gasteiger charge is -2.06. The zero-order valence-electron chi connectivity index (χ0n) is 10.5. The first-order valence-corrected chi connectivity index (χ1v) is 6.23. The largest absolute Gasteiger partial charge is 0.494 e. The highest BCUT2D eigenvalue weighted by molar-refractivity contribution is 5.27. The second kappa shape index (κ2) is 8.17. The Morgan fingerprint density at radius 1 is 1.12 bits per heavy atom. The minimum Gasteiger partial charge on any atom is -0.494 e. The third-order valence-corrected chi connectivity index (χ3v) is 2.55. The van der Waals surface area contributed by atoms with Gasteiger partial charge < -0.3 is 10.1 Å². The van der Waals surface area contributed by atoms with Gasteiger partial charge in [-0.15, -0.1) is 0 Å². The van der Waals surface area contributed by atoms with Gasteiger partial charge >= 0.3 is 0 Å². The van der Waals surface area contributed by atoms with E-state index >= 15 is 0 Å². The highest BCUT2D eigenvalue weighted by atomic mass is 16.5. The third-order valence-electron chi connectivity index (χ3n) is 2.55. The van der Waals surface area contributed by atoms with E-state index in [0.717, 1.165) is 31.7 Å². The first-order valence-electron chi connectivity index (χ1n) is 6.23. The van der Waals surface area contributed by atoms with Crippen molar-refractivity contribution < 1.29 is 4.74 Å². The first kappa shape index (κ1) is 13.0. The number of benzene rings is 1. The summed E-state index contributed by atoms with van der Waals surface area (Å²) in [4.78, 5) is 0. The fourth-order valence-electron chi connectivity index (χ4n) is 1.63. The molecule has 0 aromatic heterocycles. The van der Waals surface area contributed by atoms with Crippen molar-refractivity contribution in [2.75, 3.05) is 20.2 Å². The first-order chi connectivity index (χ1) is 7.86.